The molecule has 144 valence electrons. The van der Waals surface area contributed by atoms with Crippen molar-refractivity contribution in [2.45, 2.75) is 6.42 Å². The van der Waals surface area contributed by atoms with Crippen LogP contribution < -0.4 is 10.2 Å². The van der Waals surface area contributed by atoms with Crippen molar-refractivity contribution >= 4 is 17.7 Å². The number of hydrogen-bond donors (Lipinski definition) is 1. The number of benzene rings is 1. The van der Waals surface area contributed by atoms with Crippen LogP contribution in [0.5, 0.6) is 0 Å². The van der Waals surface area contributed by atoms with E-state index in [4.69, 9.17) is 4.42 Å². The van der Waals surface area contributed by atoms with Crippen LogP contribution in [-0.2, 0) is 6.42 Å². The molecule has 0 spiro atoms. The van der Waals surface area contributed by atoms with Gasteiger partial charge in [-0.25, -0.2) is 0 Å². The van der Waals surface area contributed by atoms with Gasteiger partial charge >= 0.3 is 0 Å². The van der Waals surface area contributed by atoms with Gasteiger partial charge in [0.15, 0.2) is 11.6 Å². The fourth-order valence-electron chi connectivity index (χ4n) is 3.16. The summed E-state index contributed by atoms with van der Waals surface area (Å²) in [6, 6.07) is 13.7. The third kappa shape index (κ3) is 4.28. The Morgan fingerprint density at radius 1 is 1.07 bits per heavy atom. The fourth-order valence-corrected chi connectivity index (χ4v) is 3.16. The second-order valence-electron chi connectivity index (χ2n) is 6.56. The van der Waals surface area contributed by atoms with Gasteiger partial charge in [-0.05, 0) is 24.1 Å². The number of aromatic nitrogens is 3. The first-order valence-electron chi connectivity index (χ1n) is 9.35. The first kappa shape index (κ1) is 18.0. The maximum absolute atomic E-state index is 12.4. The quantitative estimate of drug-likeness (QED) is 0.703. The van der Waals surface area contributed by atoms with Gasteiger partial charge in [-0.1, -0.05) is 30.3 Å². The van der Waals surface area contributed by atoms with Gasteiger partial charge in [-0.3, -0.25) is 4.79 Å². The Kier molecular flexibility index (Phi) is 5.46. The number of carbonyl (C=O) groups excluding carboxylic acids is 1. The molecule has 0 unspecified atom stereocenters. The van der Waals surface area contributed by atoms with E-state index in [9.17, 15) is 4.79 Å². The van der Waals surface area contributed by atoms with E-state index in [0.29, 0.717) is 43.7 Å². The predicted molar refractivity (Wildman–Crippen MR) is 105 cm³/mol. The van der Waals surface area contributed by atoms with Crippen molar-refractivity contribution in [2.24, 2.45) is 0 Å². The third-order valence-corrected chi connectivity index (χ3v) is 4.69. The SMILES string of the molecule is O=C(c1ccco1)N1CCN(c2nncc(NCCc3ccccc3)n2)CC1. The summed E-state index contributed by atoms with van der Waals surface area (Å²) in [6.07, 6.45) is 4.05. The van der Waals surface area contributed by atoms with Gasteiger partial charge in [0.05, 0.1) is 12.5 Å². The maximum Gasteiger partial charge on any atom is 0.289 e. The second-order valence-corrected chi connectivity index (χ2v) is 6.56. The van der Waals surface area contributed by atoms with Crippen LogP contribution in [0.3, 0.4) is 0 Å². The summed E-state index contributed by atoms with van der Waals surface area (Å²) in [4.78, 5) is 20.7. The zero-order valence-electron chi connectivity index (χ0n) is 15.5. The van der Waals surface area contributed by atoms with Crippen LogP contribution in [0.1, 0.15) is 16.1 Å². The van der Waals surface area contributed by atoms with E-state index in [2.05, 4.69) is 32.6 Å². The number of rotatable bonds is 6. The molecule has 1 amide bonds. The predicted octanol–water partition coefficient (Wildman–Crippen LogP) is 2.08. The largest absolute Gasteiger partial charge is 0.459 e. The van der Waals surface area contributed by atoms with Gasteiger partial charge in [0.2, 0.25) is 5.95 Å². The number of piperazine rings is 1. The van der Waals surface area contributed by atoms with Gasteiger partial charge in [0.1, 0.15) is 0 Å². The molecule has 0 atom stereocenters. The lowest BCUT2D eigenvalue weighted by atomic mass is 10.1. The Bertz CT molecular complexity index is 892. The van der Waals surface area contributed by atoms with Crippen molar-refractivity contribution in [3.63, 3.8) is 0 Å². The first-order valence-corrected chi connectivity index (χ1v) is 9.35. The number of nitrogens with zero attached hydrogens (tertiary/aromatic N) is 5. The van der Waals surface area contributed by atoms with Crippen molar-refractivity contribution < 1.29 is 9.21 Å². The van der Waals surface area contributed by atoms with E-state index in [-0.39, 0.29) is 5.91 Å². The molecular weight excluding hydrogens is 356 g/mol. The normalized spacial score (nSPS) is 14.1. The molecule has 0 saturated carbocycles. The molecule has 3 aromatic rings. The smallest absolute Gasteiger partial charge is 0.289 e. The second kappa shape index (κ2) is 8.51. The van der Waals surface area contributed by atoms with Crippen LogP contribution in [0.15, 0.2) is 59.3 Å². The molecule has 0 aliphatic carbocycles. The number of anilines is 2. The molecule has 8 heteroatoms. The highest BCUT2D eigenvalue weighted by Crippen LogP contribution is 2.14. The van der Waals surface area contributed by atoms with Crippen molar-refractivity contribution in [1.82, 2.24) is 20.1 Å². The summed E-state index contributed by atoms with van der Waals surface area (Å²) >= 11 is 0. The van der Waals surface area contributed by atoms with E-state index in [0.717, 1.165) is 13.0 Å². The standard InChI is InChI=1S/C20H22N6O2/c27-19(17-7-4-14-28-17)25-10-12-26(13-11-25)20-23-18(15-22-24-20)21-9-8-16-5-2-1-3-6-16/h1-7,14-15H,8-13H2,(H,21,23,24). The van der Waals surface area contributed by atoms with E-state index in [1.807, 2.05) is 23.1 Å². The van der Waals surface area contributed by atoms with Crippen LogP contribution in [0.4, 0.5) is 11.8 Å². The minimum Gasteiger partial charge on any atom is -0.459 e. The molecule has 1 N–H and O–H groups in total. The number of furan rings is 1. The van der Waals surface area contributed by atoms with Gasteiger partial charge in [-0.15, -0.1) is 5.10 Å². The molecule has 28 heavy (non-hydrogen) atoms. The van der Waals surface area contributed by atoms with Gasteiger partial charge in [0.25, 0.3) is 5.91 Å². The van der Waals surface area contributed by atoms with Crippen LogP contribution >= 0.6 is 0 Å². The summed E-state index contributed by atoms with van der Waals surface area (Å²) in [5, 5.41) is 11.5. The van der Waals surface area contributed by atoms with E-state index in [1.165, 1.54) is 11.8 Å². The number of amides is 1. The average molecular weight is 378 g/mol. The zero-order valence-corrected chi connectivity index (χ0v) is 15.5. The van der Waals surface area contributed by atoms with E-state index >= 15 is 0 Å². The molecule has 3 heterocycles. The lowest BCUT2D eigenvalue weighted by Gasteiger charge is -2.34. The van der Waals surface area contributed by atoms with Gasteiger partial charge in [0, 0.05) is 32.7 Å². The molecule has 0 radical (unpaired) electrons. The van der Waals surface area contributed by atoms with Crippen molar-refractivity contribution in [1.29, 1.82) is 0 Å². The topological polar surface area (TPSA) is 87.4 Å². The highest BCUT2D eigenvalue weighted by Gasteiger charge is 2.25. The van der Waals surface area contributed by atoms with E-state index < -0.39 is 0 Å². The van der Waals surface area contributed by atoms with Crippen LogP contribution in [-0.4, -0.2) is 58.7 Å². The number of carbonyl (C=O) groups is 1. The molecule has 1 fully saturated rings. The lowest BCUT2D eigenvalue weighted by molar-refractivity contribution is 0.0714. The van der Waals surface area contributed by atoms with Gasteiger partial charge < -0.3 is 19.5 Å². The van der Waals surface area contributed by atoms with Crippen LogP contribution in [0, 0.1) is 0 Å². The first-order chi connectivity index (χ1) is 13.8. The molecule has 8 nitrogen and oxygen atoms in total. The van der Waals surface area contributed by atoms with Crippen LogP contribution in [0.25, 0.3) is 0 Å². The zero-order chi connectivity index (χ0) is 19.2. The minimum atomic E-state index is -0.0833. The summed E-state index contributed by atoms with van der Waals surface area (Å²) in [5.41, 5.74) is 1.27. The fraction of sp³-hybridized carbons (Fsp3) is 0.300. The van der Waals surface area contributed by atoms with Crippen LogP contribution in [0.2, 0.25) is 0 Å². The van der Waals surface area contributed by atoms with E-state index in [1.54, 1.807) is 23.2 Å². The average Bonchev–Trinajstić information content (AvgIpc) is 3.29. The molecule has 4 rings (SSSR count). The number of hydrogen-bond acceptors (Lipinski definition) is 7. The van der Waals surface area contributed by atoms with Crippen molar-refractivity contribution in [3.05, 3.63) is 66.2 Å². The summed E-state index contributed by atoms with van der Waals surface area (Å²) < 4.78 is 5.20. The molecule has 0 bridgehead atoms. The minimum absolute atomic E-state index is 0.0833. The summed E-state index contributed by atoms with van der Waals surface area (Å²) in [6.45, 7) is 3.26. The molecule has 2 aromatic heterocycles. The van der Waals surface area contributed by atoms with Crippen molar-refractivity contribution in [2.75, 3.05) is 42.9 Å². The molecule has 1 aliphatic heterocycles. The Labute approximate surface area is 163 Å². The molecule has 1 aromatic carbocycles. The monoisotopic (exact) mass is 378 g/mol. The van der Waals surface area contributed by atoms with Crippen molar-refractivity contribution in [3.8, 4) is 0 Å². The Balaban J connectivity index is 1.30. The summed E-state index contributed by atoms with van der Waals surface area (Å²) in [5.74, 6) is 1.57. The lowest BCUT2D eigenvalue weighted by Crippen LogP contribution is -2.49. The third-order valence-electron chi connectivity index (χ3n) is 4.69. The van der Waals surface area contributed by atoms with Gasteiger partial charge in [-0.2, -0.15) is 10.1 Å². The Morgan fingerprint density at radius 3 is 2.64 bits per heavy atom. The molecular formula is C20H22N6O2. The highest BCUT2D eigenvalue weighted by molar-refractivity contribution is 5.91. The molecule has 1 saturated heterocycles. The Hall–Kier alpha value is -3.42. The highest BCUT2D eigenvalue weighted by atomic mass is 16.3. The molecule has 1 aliphatic rings. The maximum atomic E-state index is 12.4. The Morgan fingerprint density at radius 2 is 1.89 bits per heavy atom. The number of nitrogens with one attached hydrogen (secondary N) is 1. The summed E-state index contributed by atoms with van der Waals surface area (Å²) in [7, 11) is 0.